The molecule has 1 saturated heterocycles. The quantitative estimate of drug-likeness (QED) is 0.108. The van der Waals surface area contributed by atoms with Crippen LogP contribution in [0.5, 0.6) is 5.75 Å². The highest BCUT2D eigenvalue weighted by Gasteiger charge is 2.37. The van der Waals surface area contributed by atoms with Crippen LogP contribution in [-0.4, -0.2) is 62.8 Å². The van der Waals surface area contributed by atoms with E-state index in [1.807, 2.05) is 23.5 Å². The third-order valence-electron chi connectivity index (χ3n) is 9.55. The molecule has 0 atom stereocenters. The largest absolute Gasteiger partial charge is 0.494 e. The summed E-state index contributed by atoms with van der Waals surface area (Å²) in [6, 6.07) is 14.9. The van der Waals surface area contributed by atoms with E-state index in [1.165, 1.54) is 41.5 Å². The first-order valence-corrected chi connectivity index (χ1v) is 18.4. The Kier molecular flexibility index (Phi) is 12.4. The third kappa shape index (κ3) is 9.03. The van der Waals surface area contributed by atoms with E-state index in [9.17, 15) is 9.59 Å². The summed E-state index contributed by atoms with van der Waals surface area (Å²) in [5.41, 5.74) is 2.95. The summed E-state index contributed by atoms with van der Waals surface area (Å²) in [7, 11) is 0. The van der Waals surface area contributed by atoms with Gasteiger partial charge in [-0.3, -0.25) is 19.4 Å². The molecule has 0 aliphatic carbocycles. The first kappa shape index (κ1) is 34.2. The highest BCUT2D eigenvalue weighted by atomic mass is 32.1. The molecule has 0 spiro atoms. The molecule has 0 bridgehead atoms. The Morgan fingerprint density at radius 2 is 1.67 bits per heavy atom. The Labute approximate surface area is 279 Å². The zero-order chi connectivity index (χ0) is 32.4. The molecule has 5 rings (SSSR count). The molecule has 2 aliphatic heterocycles. The minimum atomic E-state index is -0.288. The number of ether oxygens (including phenoxy) is 2. The van der Waals surface area contributed by atoms with Gasteiger partial charge in [-0.2, -0.15) is 0 Å². The van der Waals surface area contributed by atoms with Gasteiger partial charge in [0.15, 0.2) is 6.73 Å². The van der Waals surface area contributed by atoms with Crippen LogP contribution in [0, 0.1) is 0 Å². The first-order chi connectivity index (χ1) is 22.4. The number of carbonyl (C=O) groups excluding carboxylic acids is 2. The molecule has 0 saturated carbocycles. The molecule has 1 amide bonds. The van der Waals surface area contributed by atoms with Gasteiger partial charge in [-0.05, 0) is 61.0 Å². The van der Waals surface area contributed by atoms with Crippen LogP contribution in [0.2, 0.25) is 0 Å². The third-order valence-corrected chi connectivity index (χ3v) is 10.4. The van der Waals surface area contributed by atoms with Gasteiger partial charge in [0.2, 0.25) is 5.91 Å². The molecule has 250 valence electrons. The van der Waals surface area contributed by atoms with E-state index in [0.717, 1.165) is 81.8 Å². The molecule has 3 aromatic rings. The Balaban J connectivity index is 1.05. The molecule has 0 unspecified atom stereocenters. The Hall–Kier alpha value is -3.10. The summed E-state index contributed by atoms with van der Waals surface area (Å²) in [5.74, 6) is 0.492. The maximum Gasteiger partial charge on any atom is 0.307 e. The van der Waals surface area contributed by atoms with Gasteiger partial charge in [-0.1, -0.05) is 71.4 Å². The summed E-state index contributed by atoms with van der Waals surface area (Å²) >= 11 is 1.81. The lowest BCUT2D eigenvalue weighted by Gasteiger charge is -2.38. The summed E-state index contributed by atoms with van der Waals surface area (Å²) < 4.78 is 13.1. The summed E-state index contributed by atoms with van der Waals surface area (Å²) in [6.45, 7) is 12.3. The van der Waals surface area contributed by atoms with Crippen LogP contribution < -0.4 is 14.5 Å². The smallest absolute Gasteiger partial charge is 0.307 e. The van der Waals surface area contributed by atoms with Crippen molar-refractivity contribution in [1.29, 1.82) is 0 Å². The lowest BCUT2D eigenvalue weighted by Crippen LogP contribution is -2.46. The topological polar surface area (TPSA) is 62.3 Å². The van der Waals surface area contributed by atoms with Gasteiger partial charge in [0.25, 0.3) is 0 Å². The van der Waals surface area contributed by atoms with E-state index in [-0.39, 0.29) is 24.0 Å². The number of hydrogen-bond donors (Lipinski definition) is 0. The number of piperazine rings is 1. The van der Waals surface area contributed by atoms with Gasteiger partial charge in [0.05, 0.1) is 12.3 Å². The Morgan fingerprint density at radius 3 is 2.48 bits per heavy atom. The van der Waals surface area contributed by atoms with Gasteiger partial charge >= 0.3 is 5.97 Å². The predicted octanol–water partition coefficient (Wildman–Crippen LogP) is 8.54. The Morgan fingerprint density at radius 1 is 0.891 bits per heavy atom. The van der Waals surface area contributed by atoms with Gasteiger partial charge in [-0.25, -0.2) is 0 Å². The fourth-order valence-corrected chi connectivity index (χ4v) is 7.58. The molecule has 7 nitrogen and oxygen atoms in total. The van der Waals surface area contributed by atoms with Gasteiger partial charge < -0.3 is 14.4 Å². The van der Waals surface area contributed by atoms with Crippen LogP contribution in [0.1, 0.15) is 97.0 Å². The highest BCUT2D eigenvalue weighted by Crippen LogP contribution is 2.42. The van der Waals surface area contributed by atoms with E-state index in [0.29, 0.717) is 19.4 Å². The fraction of sp³-hybridized carbons (Fsp3) is 0.579. The normalized spacial score (nSPS) is 16.5. The predicted molar refractivity (Wildman–Crippen MR) is 190 cm³/mol. The van der Waals surface area contributed by atoms with Gasteiger partial charge in [-0.15, -0.1) is 11.3 Å². The van der Waals surface area contributed by atoms with Crippen LogP contribution in [0.4, 0.5) is 11.4 Å². The van der Waals surface area contributed by atoms with Crippen molar-refractivity contribution in [3.05, 3.63) is 53.4 Å². The molecule has 46 heavy (non-hydrogen) atoms. The van der Waals surface area contributed by atoms with Crippen molar-refractivity contribution in [1.82, 2.24) is 4.90 Å². The summed E-state index contributed by atoms with van der Waals surface area (Å²) in [6.07, 6.45) is 10.9. The average molecular weight is 648 g/mol. The number of rotatable bonds is 17. The molecule has 1 fully saturated rings. The SMILES string of the molecule is CCCCCCCCCC(=O)OCN1C(=O)CC(C)(C)c2ccc(OCCCCN3CCN(c4cccc5sccc45)CC3)cc21. The van der Waals surface area contributed by atoms with Crippen molar-refractivity contribution in [3.63, 3.8) is 0 Å². The molecule has 8 heteroatoms. The number of thiophene rings is 1. The number of unbranched alkanes of at least 4 members (excludes halogenated alkanes) is 7. The van der Waals surface area contributed by atoms with E-state index < -0.39 is 0 Å². The number of benzene rings is 2. The lowest BCUT2D eigenvalue weighted by molar-refractivity contribution is -0.144. The maximum absolute atomic E-state index is 13.2. The van der Waals surface area contributed by atoms with Crippen molar-refractivity contribution < 1.29 is 19.1 Å². The van der Waals surface area contributed by atoms with Crippen molar-refractivity contribution in [2.45, 2.75) is 96.8 Å². The van der Waals surface area contributed by atoms with Crippen molar-refractivity contribution in [2.24, 2.45) is 0 Å². The highest BCUT2D eigenvalue weighted by molar-refractivity contribution is 7.17. The van der Waals surface area contributed by atoms with E-state index in [4.69, 9.17) is 9.47 Å². The summed E-state index contributed by atoms with van der Waals surface area (Å²) in [5, 5.41) is 3.55. The van der Waals surface area contributed by atoms with Crippen LogP contribution >= 0.6 is 11.3 Å². The number of carbonyl (C=O) groups is 2. The lowest BCUT2D eigenvalue weighted by atomic mass is 9.77. The summed E-state index contributed by atoms with van der Waals surface area (Å²) in [4.78, 5) is 32.3. The first-order valence-electron chi connectivity index (χ1n) is 17.5. The molecule has 0 radical (unpaired) electrons. The monoisotopic (exact) mass is 647 g/mol. The number of anilines is 2. The number of hydrogen-bond acceptors (Lipinski definition) is 7. The van der Waals surface area contributed by atoms with Crippen molar-refractivity contribution >= 4 is 44.7 Å². The molecule has 1 aromatic heterocycles. The van der Waals surface area contributed by atoms with Gasteiger partial charge in [0.1, 0.15) is 5.75 Å². The average Bonchev–Trinajstić information content (AvgIpc) is 3.53. The van der Waals surface area contributed by atoms with Crippen LogP contribution in [0.25, 0.3) is 10.1 Å². The van der Waals surface area contributed by atoms with Crippen LogP contribution in [-0.2, 0) is 19.7 Å². The Bertz CT molecular complexity index is 1430. The second-order valence-corrected chi connectivity index (χ2v) is 14.5. The van der Waals surface area contributed by atoms with Gasteiger partial charge in [0, 0.05) is 66.3 Å². The van der Waals surface area contributed by atoms with Crippen LogP contribution in [0.15, 0.2) is 47.8 Å². The standard InChI is InChI=1S/C38H53N3O4S/c1-4-5-6-7-8-9-10-16-37(43)45-29-41-34-27-30(17-18-32(34)38(2,3)28-36(41)42)44-25-12-11-20-39-21-23-40(24-22-39)33-14-13-15-35-31(33)19-26-46-35/h13-15,17-19,26-27H,4-12,16,20-25,28-29H2,1-3H3. The number of esters is 1. The molecule has 2 aliphatic rings. The second-order valence-electron chi connectivity index (χ2n) is 13.6. The van der Waals surface area contributed by atoms with E-state index in [2.05, 4.69) is 66.3 Å². The minimum absolute atomic E-state index is 0.0227. The molecular weight excluding hydrogens is 595 g/mol. The molecule has 2 aromatic carbocycles. The number of amides is 1. The second kappa shape index (κ2) is 16.6. The van der Waals surface area contributed by atoms with Crippen molar-refractivity contribution in [3.8, 4) is 5.75 Å². The van der Waals surface area contributed by atoms with Crippen molar-refractivity contribution in [2.75, 3.05) is 55.9 Å². The zero-order valence-electron chi connectivity index (χ0n) is 28.2. The zero-order valence-corrected chi connectivity index (χ0v) is 29.0. The number of nitrogens with zero attached hydrogens (tertiary/aromatic N) is 3. The molecular formula is C38H53N3O4S. The van der Waals surface area contributed by atoms with E-state index in [1.54, 1.807) is 4.90 Å². The maximum atomic E-state index is 13.2. The number of fused-ring (bicyclic) bond motifs is 2. The van der Waals surface area contributed by atoms with E-state index >= 15 is 0 Å². The molecule has 0 N–H and O–H groups in total. The minimum Gasteiger partial charge on any atom is -0.494 e. The fourth-order valence-electron chi connectivity index (χ4n) is 6.77. The molecule has 3 heterocycles. The van der Waals surface area contributed by atoms with Crippen LogP contribution in [0.3, 0.4) is 0 Å².